The third-order valence-electron chi connectivity index (χ3n) is 4.41. The monoisotopic (exact) mass is 249 g/mol. The van der Waals surface area contributed by atoms with Crippen molar-refractivity contribution in [2.75, 3.05) is 6.54 Å². The zero-order valence-corrected chi connectivity index (χ0v) is 12.3. The molecule has 1 aliphatic rings. The number of rotatable bonds is 4. The third-order valence-corrected chi connectivity index (χ3v) is 4.41. The van der Waals surface area contributed by atoms with Crippen molar-refractivity contribution < 1.29 is 0 Å². The van der Waals surface area contributed by atoms with Crippen molar-refractivity contribution in [1.29, 1.82) is 0 Å². The van der Waals surface area contributed by atoms with Crippen LogP contribution in [0.25, 0.3) is 0 Å². The average molecular weight is 249 g/mol. The highest BCUT2D eigenvalue weighted by atomic mass is 15.3. The van der Waals surface area contributed by atoms with Gasteiger partial charge in [0.1, 0.15) is 0 Å². The fourth-order valence-corrected chi connectivity index (χ4v) is 2.90. The van der Waals surface area contributed by atoms with Gasteiger partial charge in [0.05, 0.1) is 11.7 Å². The van der Waals surface area contributed by atoms with Crippen LogP contribution in [0.5, 0.6) is 0 Å². The van der Waals surface area contributed by atoms with Crippen molar-refractivity contribution in [1.82, 2.24) is 15.1 Å². The lowest BCUT2D eigenvalue weighted by Crippen LogP contribution is -2.35. The van der Waals surface area contributed by atoms with Crippen molar-refractivity contribution in [3.63, 3.8) is 0 Å². The molecular formula is C15H27N3. The lowest BCUT2D eigenvalue weighted by Gasteiger charge is -2.25. The molecule has 0 spiro atoms. The van der Waals surface area contributed by atoms with E-state index in [0.717, 1.165) is 18.3 Å². The van der Waals surface area contributed by atoms with E-state index in [-0.39, 0.29) is 0 Å². The van der Waals surface area contributed by atoms with Gasteiger partial charge >= 0.3 is 0 Å². The van der Waals surface area contributed by atoms with Crippen molar-refractivity contribution in [2.24, 2.45) is 0 Å². The number of aryl methyl sites for hydroxylation is 1. The maximum Gasteiger partial charge on any atom is 0.0625 e. The molecule has 0 amide bonds. The van der Waals surface area contributed by atoms with Crippen LogP contribution in [-0.2, 0) is 0 Å². The van der Waals surface area contributed by atoms with Gasteiger partial charge in [-0.25, -0.2) is 0 Å². The van der Waals surface area contributed by atoms with Crippen molar-refractivity contribution >= 4 is 0 Å². The van der Waals surface area contributed by atoms with E-state index in [1.807, 2.05) is 0 Å². The van der Waals surface area contributed by atoms with Gasteiger partial charge in [-0.1, -0.05) is 19.3 Å². The van der Waals surface area contributed by atoms with Gasteiger partial charge in [0.15, 0.2) is 0 Å². The highest BCUT2D eigenvalue weighted by Gasteiger charge is 2.16. The third kappa shape index (κ3) is 2.94. The molecule has 1 fully saturated rings. The fourth-order valence-electron chi connectivity index (χ4n) is 2.90. The lowest BCUT2D eigenvalue weighted by molar-refractivity contribution is 0.341. The Morgan fingerprint density at radius 3 is 2.44 bits per heavy atom. The van der Waals surface area contributed by atoms with E-state index in [9.17, 15) is 0 Å². The molecule has 2 rings (SSSR count). The topological polar surface area (TPSA) is 29.9 Å². The Bertz CT molecular complexity index is 389. The number of aromatic nitrogens is 2. The minimum absolute atomic E-state index is 0.444. The van der Waals surface area contributed by atoms with Gasteiger partial charge in [0, 0.05) is 18.3 Å². The van der Waals surface area contributed by atoms with E-state index >= 15 is 0 Å². The molecule has 3 nitrogen and oxygen atoms in total. The first-order valence-electron chi connectivity index (χ1n) is 7.35. The maximum absolute atomic E-state index is 4.65. The van der Waals surface area contributed by atoms with Crippen LogP contribution in [0.15, 0.2) is 0 Å². The number of nitrogens with one attached hydrogen (secondary N) is 1. The Kier molecular flexibility index (Phi) is 4.44. The van der Waals surface area contributed by atoms with Crippen LogP contribution in [0.3, 0.4) is 0 Å². The van der Waals surface area contributed by atoms with E-state index in [0.29, 0.717) is 6.04 Å². The predicted octanol–water partition coefficient (Wildman–Crippen LogP) is 3.29. The van der Waals surface area contributed by atoms with Crippen LogP contribution in [0.4, 0.5) is 0 Å². The summed E-state index contributed by atoms with van der Waals surface area (Å²) in [6.45, 7) is 9.72. The normalized spacial score (nSPS) is 19.1. The standard InChI is InChI=1S/C15H27N3/c1-11(10-16-15-8-6-5-7-9-15)18-14(4)12(2)13(3)17-18/h11,15-16H,5-10H2,1-4H3. The minimum Gasteiger partial charge on any atom is -0.312 e. The predicted molar refractivity (Wildman–Crippen MR) is 76.0 cm³/mol. The molecule has 1 atom stereocenters. The molecule has 0 bridgehead atoms. The van der Waals surface area contributed by atoms with E-state index in [1.54, 1.807) is 0 Å². The van der Waals surface area contributed by atoms with Gasteiger partial charge in [-0.3, -0.25) is 4.68 Å². The maximum atomic E-state index is 4.65. The van der Waals surface area contributed by atoms with Crippen molar-refractivity contribution in [3.05, 3.63) is 17.0 Å². The summed E-state index contributed by atoms with van der Waals surface area (Å²) in [5, 5.41) is 8.37. The van der Waals surface area contributed by atoms with Crippen LogP contribution >= 0.6 is 0 Å². The molecule has 1 aromatic heterocycles. The molecule has 102 valence electrons. The van der Waals surface area contributed by atoms with E-state index in [1.165, 1.54) is 43.4 Å². The Hall–Kier alpha value is -0.830. The molecule has 1 heterocycles. The van der Waals surface area contributed by atoms with Crippen molar-refractivity contribution in [2.45, 2.75) is 71.9 Å². The molecule has 0 aromatic carbocycles. The van der Waals surface area contributed by atoms with Crippen LogP contribution in [-0.4, -0.2) is 22.4 Å². The molecule has 18 heavy (non-hydrogen) atoms. The Morgan fingerprint density at radius 1 is 1.22 bits per heavy atom. The fraction of sp³-hybridized carbons (Fsp3) is 0.800. The van der Waals surface area contributed by atoms with Crippen LogP contribution < -0.4 is 5.32 Å². The average Bonchev–Trinajstić information content (AvgIpc) is 2.65. The van der Waals surface area contributed by atoms with Gasteiger partial charge in [0.25, 0.3) is 0 Å². The van der Waals surface area contributed by atoms with Crippen molar-refractivity contribution in [3.8, 4) is 0 Å². The van der Waals surface area contributed by atoms with E-state index in [4.69, 9.17) is 0 Å². The summed E-state index contributed by atoms with van der Waals surface area (Å²) < 4.78 is 2.18. The summed E-state index contributed by atoms with van der Waals surface area (Å²) in [5.41, 5.74) is 3.81. The van der Waals surface area contributed by atoms with Gasteiger partial charge in [-0.15, -0.1) is 0 Å². The molecule has 3 heteroatoms. The molecule has 1 aliphatic carbocycles. The zero-order valence-electron chi connectivity index (χ0n) is 12.3. The summed E-state index contributed by atoms with van der Waals surface area (Å²) in [6.07, 6.45) is 6.91. The molecule has 0 saturated heterocycles. The largest absolute Gasteiger partial charge is 0.312 e. The molecule has 1 N–H and O–H groups in total. The van der Waals surface area contributed by atoms with Gasteiger partial charge in [-0.2, -0.15) is 5.10 Å². The second-order valence-electron chi connectivity index (χ2n) is 5.83. The molecule has 1 unspecified atom stereocenters. The van der Waals surface area contributed by atoms with Crippen LogP contribution in [0.2, 0.25) is 0 Å². The summed E-state index contributed by atoms with van der Waals surface area (Å²) in [4.78, 5) is 0. The quantitative estimate of drug-likeness (QED) is 0.887. The minimum atomic E-state index is 0.444. The van der Waals surface area contributed by atoms with Crippen LogP contribution in [0.1, 0.15) is 62.0 Å². The highest BCUT2D eigenvalue weighted by molar-refractivity contribution is 5.22. The molecular weight excluding hydrogens is 222 g/mol. The summed E-state index contributed by atoms with van der Waals surface area (Å²) >= 11 is 0. The lowest BCUT2D eigenvalue weighted by atomic mass is 9.95. The first kappa shape index (κ1) is 13.6. The number of hydrogen-bond donors (Lipinski definition) is 1. The second-order valence-corrected chi connectivity index (χ2v) is 5.83. The first-order valence-corrected chi connectivity index (χ1v) is 7.35. The van der Waals surface area contributed by atoms with Gasteiger partial charge in [-0.05, 0) is 46.1 Å². The Balaban J connectivity index is 1.90. The molecule has 1 saturated carbocycles. The first-order chi connectivity index (χ1) is 8.59. The molecule has 0 aliphatic heterocycles. The molecule has 0 radical (unpaired) electrons. The van der Waals surface area contributed by atoms with Crippen LogP contribution in [0, 0.1) is 20.8 Å². The van der Waals surface area contributed by atoms with E-state index < -0.39 is 0 Å². The second kappa shape index (κ2) is 5.87. The Morgan fingerprint density at radius 2 is 1.89 bits per heavy atom. The summed E-state index contributed by atoms with van der Waals surface area (Å²) in [5.74, 6) is 0. The molecule has 1 aromatic rings. The van der Waals surface area contributed by atoms with Gasteiger partial charge < -0.3 is 5.32 Å². The van der Waals surface area contributed by atoms with Gasteiger partial charge in [0.2, 0.25) is 0 Å². The Labute approximate surface area is 111 Å². The SMILES string of the molecule is Cc1nn(C(C)CNC2CCCCC2)c(C)c1C. The van der Waals surface area contributed by atoms with E-state index in [2.05, 4.69) is 42.8 Å². The number of hydrogen-bond acceptors (Lipinski definition) is 2. The summed E-state index contributed by atoms with van der Waals surface area (Å²) in [7, 11) is 0. The summed E-state index contributed by atoms with van der Waals surface area (Å²) in [6, 6.07) is 1.18. The zero-order chi connectivity index (χ0) is 13.1. The smallest absolute Gasteiger partial charge is 0.0625 e. The number of nitrogens with zero attached hydrogens (tertiary/aromatic N) is 2. The highest BCUT2D eigenvalue weighted by Crippen LogP contribution is 2.19.